The van der Waals surface area contributed by atoms with Crippen LogP contribution in [0.5, 0.6) is 0 Å². The average Bonchev–Trinajstić information content (AvgIpc) is 2.99. The number of nitrogens with zero attached hydrogens (tertiary/aromatic N) is 2. The van der Waals surface area contributed by atoms with Gasteiger partial charge in [0.15, 0.2) is 0 Å². The lowest BCUT2D eigenvalue weighted by Crippen LogP contribution is -2.24. The second kappa shape index (κ2) is 6.00. The standard InChI is InChI=1S/C18H22N2/c1-2-6-16-9-11-18(12-10-16)20-14-13-19(15-20)17-7-4-3-5-8-17/h3-5,7-12H,2,6,13-15H2,1H3. The zero-order valence-electron chi connectivity index (χ0n) is 12.1. The Labute approximate surface area is 121 Å². The molecule has 0 aliphatic carbocycles. The molecule has 2 aromatic rings. The number of hydrogen-bond donors (Lipinski definition) is 0. The Hall–Kier alpha value is -1.96. The van der Waals surface area contributed by atoms with Crippen LogP contribution in [0.1, 0.15) is 18.9 Å². The zero-order chi connectivity index (χ0) is 13.8. The van der Waals surface area contributed by atoms with Gasteiger partial charge in [0, 0.05) is 24.5 Å². The molecule has 0 amide bonds. The van der Waals surface area contributed by atoms with Crippen LogP contribution in [0, 0.1) is 0 Å². The van der Waals surface area contributed by atoms with Crippen LogP contribution < -0.4 is 9.80 Å². The van der Waals surface area contributed by atoms with Gasteiger partial charge in [0.2, 0.25) is 0 Å². The first-order valence-corrected chi connectivity index (χ1v) is 7.50. The van der Waals surface area contributed by atoms with Gasteiger partial charge in [-0.2, -0.15) is 0 Å². The van der Waals surface area contributed by atoms with E-state index in [9.17, 15) is 0 Å². The summed E-state index contributed by atoms with van der Waals surface area (Å²) in [4.78, 5) is 4.88. The largest absolute Gasteiger partial charge is 0.352 e. The molecule has 0 saturated carbocycles. The maximum absolute atomic E-state index is 2.45. The summed E-state index contributed by atoms with van der Waals surface area (Å²) in [5, 5.41) is 0. The van der Waals surface area contributed by atoms with E-state index in [4.69, 9.17) is 0 Å². The van der Waals surface area contributed by atoms with Crippen LogP contribution in [0.3, 0.4) is 0 Å². The van der Waals surface area contributed by atoms with Crippen molar-refractivity contribution in [3.05, 3.63) is 60.2 Å². The Balaban J connectivity index is 1.67. The summed E-state index contributed by atoms with van der Waals surface area (Å²) in [6.07, 6.45) is 2.39. The van der Waals surface area contributed by atoms with Crippen molar-refractivity contribution in [2.75, 3.05) is 29.6 Å². The van der Waals surface area contributed by atoms with Crippen molar-refractivity contribution in [1.29, 1.82) is 0 Å². The minimum atomic E-state index is 0.983. The van der Waals surface area contributed by atoms with E-state index in [2.05, 4.69) is 71.3 Å². The fourth-order valence-corrected chi connectivity index (χ4v) is 2.81. The van der Waals surface area contributed by atoms with Crippen LogP contribution in [0.2, 0.25) is 0 Å². The molecule has 0 unspecified atom stereocenters. The molecule has 1 aliphatic rings. The van der Waals surface area contributed by atoms with Gasteiger partial charge in [-0.25, -0.2) is 0 Å². The maximum Gasteiger partial charge on any atom is 0.0904 e. The summed E-state index contributed by atoms with van der Waals surface area (Å²) >= 11 is 0. The molecule has 1 saturated heterocycles. The molecule has 2 nitrogen and oxygen atoms in total. The van der Waals surface area contributed by atoms with Gasteiger partial charge in [-0.05, 0) is 36.2 Å². The van der Waals surface area contributed by atoms with Gasteiger partial charge < -0.3 is 9.80 Å². The zero-order valence-corrected chi connectivity index (χ0v) is 12.1. The van der Waals surface area contributed by atoms with Crippen molar-refractivity contribution < 1.29 is 0 Å². The number of para-hydroxylation sites is 1. The van der Waals surface area contributed by atoms with Gasteiger partial charge in [-0.3, -0.25) is 0 Å². The molecule has 20 heavy (non-hydrogen) atoms. The molecular weight excluding hydrogens is 244 g/mol. The van der Waals surface area contributed by atoms with Crippen molar-refractivity contribution in [3.63, 3.8) is 0 Å². The van der Waals surface area contributed by atoms with Gasteiger partial charge in [0.1, 0.15) is 0 Å². The van der Waals surface area contributed by atoms with E-state index in [0.29, 0.717) is 0 Å². The summed E-state index contributed by atoms with van der Waals surface area (Å²) < 4.78 is 0. The van der Waals surface area contributed by atoms with E-state index in [1.807, 2.05) is 0 Å². The number of anilines is 2. The molecule has 104 valence electrons. The maximum atomic E-state index is 2.45. The van der Waals surface area contributed by atoms with Gasteiger partial charge in [0.25, 0.3) is 0 Å². The first-order valence-electron chi connectivity index (χ1n) is 7.50. The number of rotatable bonds is 4. The lowest BCUT2D eigenvalue weighted by atomic mass is 10.1. The summed E-state index contributed by atoms with van der Waals surface area (Å²) in [5.74, 6) is 0. The van der Waals surface area contributed by atoms with Crippen LogP contribution in [-0.2, 0) is 6.42 Å². The Morgan fingerprint density at radius 2 is 1.40 bits per heavy atom. The summed E-state index contributed by atoms with van der Waals surface area (Å²) in [7, 11) is 0. The molecule has 1 aliphatic heterocycles. The van der Waals surface area contributed by atoms with E-state index in [-0.39, 0.29) is 0 Å². The first kappa shape index (κ1) is 13.0. The van der Waals surface area contributed by atoms with E-state index < -0.39 is 0 Å². The minimum absolute atomic E-state index is 0.983. The van der Waals surface area contributed by atoms with Crippen molar-refractivity contribution in [2.45, 2.75) is 19.8 Å². The van der Waals surface area contributed by atoms with Crippen LogP contribution >= 0.6 is 0 Å². The molecule has 1 heterocycles. The molecule has 0 aromatic heterocycles. The molecule has 0 spiro atoms. The van der Waals surface area contributed by atoms with Crippen LogP contribution in [0.15, 0.2) is 54.6 Å². The third kappa shape index (κ3) is 2.79. The molecule has 1 fully saturated rings. The lowest BCUT2D eigenvalue weighted by Gasteiger charge is -2.21. The van der Waals surface area contributed by atoms with E-state index in [0.717, 1.165) is 19.8 Å². The molecule has 0 radical (unpaired) electrons. The van der Waals surface area contributed by atoms with Crippen molar-refractivity contribution >= 4 is 11.4 Å². The SMILES string of the molecule is CCCc1ccc(N2CCN(c3ccccc3)C2)cc1. The summed E-state index contributed by atoms with van der Waals surface area (Å²) in [5.41, 5.74) is 4.09. The van der Waals surface area contributed by atoms with Crippen molar-refractivity contribution in [2.24, 2.45) is 0 Å². The highest BCUT2D eigenvalue weighted by Crippen LogP contribution is 2.23. The van der Waals surface area contributed by atoms with Gasteiger partial charge in [-0.15, -0.1) is 0 Å². The van der Waals surface area contributed by atoms with Crippen molar-refractivity contribution in [1.82, 2.24) is 0 Å². The third-order valence-electron chi connectivity index (χ3n) is 3.94. The second-order valence-corrected chi connectivity index (χ2v) is 5.42. The number of aryl methyl sites for hydroxylation is 1. The average molecular weight is 266 g/mol. The van der Waals surface area contributed by atoms with E-state index >= 15 is 0 Å². The van der Waals surface area contributed by atoms with Gasteiger partial charge in [-0.1, -0.05) is 43.7 Å². The molecule has 0 bridgehead atoms. The van der Waals surface area contributed by atoms with Gasteiger partial charge >= 0.3 is 0 Å². The summed E-state index contributed by atoms with van der Waals surface area (Å²) in [6, 6.07) is 19.7. The number of benzene rings is 2. The molecule has 0 N–H and O–H groups in total. The molecule has 2 heteroatoms. The third-order valence-corrected chi connectivity index (χ3v) is 3.94. The number of hydrogen-bond acceptors (Lipinski definition) is 2. The smallest absolute Gasteiger partial charge is 0.0904 e. The van der Waals surface area contributed by atoms with Gasteiger partial charge in [0.05, 0.1) is 6.67 Å². The first-order chi connectivity index (χ1) is 9.86. The quantitative estimate of drug-likeness (QED) is 0.827. The van der Waals surface area contributed by atoms with Crippen LogP contribution in [0.25, 0.3) is 0 Å². The highest BCUT2D eigenvalue weighted by molar-refractivity contribution is 5.55. The van der Waals surface area contributed by atoms with Crippen LogP contribution in [0.4, 0.5) is 11.4 Å². The lowest BCUT2D eigenvalue weighted by molar-refractivity contribution is 0.917. The fraction of sp³-hybridized carbons (Fsp3) is 0.333. The Morgan fingerprint density at radius 3 is 2.00 bits per heavy atom. The van der Waals surface area contributed by atoms with Crippen LogP contribution in [-0.4, -0.2) is 19.8 Å². The molecule has 2 aromatic carbocycles. The van der Waals surface area contributed by atoms with E-state index in [1.165, 1.54) is 29.8 Å². The van der Waals surface area contributed by atoms with Crippen molar-refractivity contribution in [3.8, 4) is 0 Å². The highest BCUT2D eigenvalue weighted by Gasteiger charge is 2.20. The topological polar surface area (TPSA) is 6.48 Å². The second-order valence-electron chi connectivity index (χ2n) is 5.42. The normalized spacial score (nSPS) is 14.8. The molecule has 3 rings (SSSR count). The Morgan fingerprint density at radius 1 is 0.800 bits per heavy atom. The fourth-order valence-electron chi connectivity index (χ4n) is 2.81. The highest BCUT2D eigenvalue weighted by atomic mass is 15.4. The predicted octanol–water partition coefficient (Wildman–Crippen LogP) is 3.92. The Bertz CT molecular complexity index is 533. The predicted molar refractivity (Wildman–Crippen MR) is 86.4 cm³/mol. The molecule has 0 atom stereocenters. The summed E-state index contributed by atoms with van der Waals surface area (Å²) in [6.45, 7) is 5.41. The minimum Gasteiger partial charge on any atom is -0.352 e. The Kier molecular flexibility index (Phi) is 3.91. The molecular formula is C18H22N2. The monoisotopic (exact) mass is 266 g/mol. The van der Waals surface area contributed by atoms with E-state index in [1.54, 1.807) is 0 Å².